The van der Waals surface area contributed by atoms with Crippen LogP contribution in [0.4, 0.5) is 9.18 Å². The average Bonchev–Trinajstić information content (AvgIpc) is 2.37. The quantitative estimate of drug-likeness (QED) is 0.797. The molecular formula is C13H19FN2O3S. The van der Waals surface area contributed by atoms with Crippen molar-refractivity contribution in [1.82, 2.24) is 10.6 Å². The number of rotatable bonds is 7. The van der Waals surface area contributed by atoms with Crippen LogP contribution in [0.3, 0.4) is 0 Å². The molecule has 0 aliphatic rings. The number of carbonyl (C=O) groups is 1. The number of halogens is 1. The molecule has 5 nitrogen and oxygen atoms in total. The molecular weight excluding hydrogens is 283 g/mol. The van der Waals surface area contributed by atoms with E-state index < -0.39 is 16.6 Å². The second kappa shape index (κ2) is 8.52. The lowest BCUT2D eigenvalue weighted by molar-refractivity contribution is 0.225. The first-order valence-electron chi connectivity index (χ1n) is 6.20. The zero-order valence-corrected chi connectivity index (χ0v) is 12.3. The Hall–Kier alpha value is -1.63. The van der Waals surface area contributed by atoms with Gasteiger partial charge in [-0.15, -0.1) is 0 Å². The van der Waals surface area contributed by atoms with Gasteiger partial charge in [0.15, 0.2) is 11.6 Å². The van der Waals surface area contributed by atoms with Gasteiger partial charge in [-0.2, -0.15) is 0 Å². The minimum absolute atomic E-state index is 0.155. The smallest absolute Gasteiger partial charge is 0.315 e. The van der Waals surface area contributed by atoms with Crippen LogP contribution >= 0.6 is 0 Å². The average molecular weight is 302 g/mol. The lowest BCUT2D eigenvalue weighted by atomic mass is 10.3. The number of carbonyl (C=O) groups excluding carboxylic acids is 1. The van der Waals surface area contributed by atoms with Crippen LogP contribution in [0.2, 0.25) is 0 Å². The molecule has 0 bridgehead atoms. The third-order valence-corrected chi connectivity index (χ3v) is 3.16. The number of benzene rings is 1. The summed E-state index contributed by atoms with van der Waals surface area (Å²) in [5, 5.41) is 5.23. The van der Waals surface area contributed by atoms with Gasteiger partial charge >= 0.3 is 6.03 Å². The highest BCUT2D eigenvalue weighted by molar-refractivity contribution is 7.84. The van der Waals surface area contributed by atoms with E-state index in [2.05, 4.69) is 10.6 Å². The van der Waals surface area contributed by atoms with Gasteiger partial charge in [-0.25, -0.2) is 9.18 Å². The van der Waals surface area contributed by atoms with Crippen molar-refractivity contribution in [3.63, 3.8) is 0 Å². The first-order valence-corrected chi connectivity index (χ1v) is 7.93. The predicted octanol–water partition coefficient (Wildman–Crippen LogP) is 1.27. The Balaban J connectivity index is 2.26. The van der Waals surface area contributed by atoms with Crippen LogP contribution in [0.25, 0.3) is 0 Å². The van der Waals surface area contributed by atoms with Crippen LogP contribution in [0.15, 0.2) is 24.3 Å². The van der Waals surface area contributed by atoms with Crippen molar-refractivity contribution in [1.29, 1.82) is 0 Å². The van der Waals surface area contributed by atoms with E-state index in [0.717, 1.165) is 0 Å². The molecule has 2 N–H and O–H groups in total. The van der Waals surface area contributed by atoms with Crippen molar-refractivity contribution >= 4 is 16.8 Å². The third-order valence-electron chi connectivity index (χ3n) is 2.38. The van der Waals surface area contributed by atoms with E-state index in [1.165, 1.54) is 12.1 Å². The number of para-hydroxylation sites is 1. The Kier molecular flexibility index (Phi) is 7.00. The van der Waals surface area contributed by atoms with Crippen molar-refractivity contribution in [3.8, 4) is 5.75 Å². The minimum atomic E-state index is -0.935. The molecule has 112 valence electrons. The topological polar surface area (TPSA) is 67.4 Å². The molecule has 0 aliphatic carbocycles. The van der Waals surface area contributed by atoms with Crippen LogP contribution in [-0.4, -0.2) is 41.4 Å². The summed E-state index contributed by atoms with van der Waals surface area (Å²) < 4.78 is 29.4. The maximum absolute atomic E-state index is 13.3. The molecule has 1 rings (SSSR count). The summed E-state index contributed by atoms with van der Waals surface area (Å²) in [6.45, 7) is 2.25. The van der Waals surface area contributed by atoms with Crippen LogP contribution in [-0.2, 0) is 10.8 Å². The summed E-state index contributed by atoms with van der Waals surface area (Å²) in [4.78, 5) is 11.5. The van der Waals surface area contributed by atoms with Gasteiger partial charge in [0.05, 0.1) is 6.04 Å². The van der Waals surface area contributed by atoms with E-state index in [1.807, 2.05) is 0 Å². The lowest BCUT2D eigenvalue weighted by Gasteiger charge is -2.15. The highest BCUT2D eigenvalue weighted by Gasteiger charge is 2.09. The zero-order chi connectivity index (χ0) is 15.0. The fourth-order valence-electron chi connectivity index (χ4n) is 1.40. The molecule has 0 spiro atoms. The summed E-state index contributed by atoms with van der Waals surface area (Å²) in [6, 6.07) is 5.45. The molecule has 1 aromatic carbocycles. The van der Waals surface area contributed by atoms with Crippen molar-refractivity contribution in [3.05, 3.63) is 30.1 Å². The Morgan fingerprint density at radius 1 is 1.45 bits per heavy atom. The van der Waals surface area contributed by atoms with E-state index in [4.69, 9.17) is 4.74 Å². The van der Waals surface area contributed by atoms with Crippen LogP contribution in [0.5, 0.6) is 5.75 Å². The number of ether oxygens (including phenoxy) is 1. The molecule has 0 aliphatic heterocycles. The van der Waals surface area contributed by atoms with Gasteiger partial charge in [-0.05, 0) is 19.1 Å². The number of amides is 2. The normalized spacial score (nSPS) is 13.3. The molecule has 0 heterocycles. The summed E-state index contributed by atoms with van der Waals surface area (Å²) in [5.74, 6) is 0.130. The highest BCUT2D eigenvalue weighted by Crippen LogP contribution is 2.15. The van der Waals surface area contributed by atoms with E-state index in [-0.39, 0.29) is 24.4 Å². The van der Waals surface area contributed by atoms with Gasteiger partial charge in [0, 0.05) is 29.4 Å². The second-order valence-electron chi connectivity index (χ2n) is 4.32. The maximum atomic E-state index is 13.3. The van der Waals surface area contributed by atoms with Gasteiger partial charge in [0.25, 0.3) is 0 Å². The number of hydrogen-bond donors (Lipinski definition) is 2. The molecule has 2 atom stereocenters. The van der Waals surface area contributed by atoms with Gasteiger partial charge in [0.1, 0.15) is 6.61 Å². The van der Waals surface area contributed by atoms with Crippen molar-refractivity contribution in [2.24, 2.45) is 0 Å². The molecule has 20 heavy (non-hydrogen) atoms. The van der Waals surface area contributed by atoms with Crippen molar-refractivity contribution < 1.29 is 18.1 Å². The van der Waals surface area contributed by atoms with Gasteiger partial charge in [-0.3, -0.25) is 4.21 Å². The van der Waals surface area contributed by atoms with Crippen LogP contribution in [0, 0.1) is 5.82 Å². The Morgan fingerprint density at radius 3 is 2.80 bits per heavy atom. The summed E-state index contributed by atoms with van der Waals surface area (Å²) >= 11 is 0. The molecule has 0 fully saturated rings. The first-order chi connectivity index (χ1) is 9.49. The van der Waals surface area contributed by atoms with Gasteiger partial charge in [0.2, 0.25) is 0 Å². The van der Waals surface area contributed by atoms with E-state index in [1.54, 1.807) is 25.3 Å². The Bertz CT molecular complexity index is 471. The SMILES string of the molecule is C[C@H](COc1ccccc1F)NC(=O)NCC[S@](C)=O. The van der Waals surface area contributed by atoms with Crippen LogP contribution < -0.4 is 15.4 Å². The standard InChI is InChI=1S/C13H19FN2O3S/c1-10(16-13(17)15-7-8-20(2)18)9-19-12-6-4-3-5-11(12)14/h3-6,10H,7-9H2,1-2H3,(H2,15,16,17)/t10-,20+/m1/s1. The maximum Gasteiger partial charge on any atom is 0.315 e. The largest absolute Gasteiger partial charge is 0.488 e. The third kappa shape index (κ3) is 6.51. The second-order valence-corrected chi connectivity index (χ2v) is 5.87. The fourth-order valence-corrected chi connectivity index (χ4v) is 1.79. The van der Waals surface area contributed by atoms with Crippen LogP contribution in [0.1, 0.15) is 6.92 Å². The van der Waals surface area contributed by atoms with Gasteiger partial charge in [-0.1, -0.05) is 12.1 Å². The molecule has 0 saturated carbocycles. The molecule has 1 aromatic rings. The van der Waals surface area contributed by atoms with E-state index >= 15 is 0 Å². The number of urea groups is 1. The zero-order valence-electron chi connectivity index (χ0n) is 11.5. The lowest BCUT2D eigenvalue weighted by Crippen LogP contribution is -2.44. The molecule has 0 radical (unpaired) electrons. The molecule has 0 aromatic heterocycles. The Labute approximate surface area is 120 Å². The molecule has 0 saturated heterocycles. The van der Waals surface area contributed by atoms with E-state index in [0.29, 0.717) is 12.3 Å². The molecule has 7 heteroatoms. The summed E-state index contributed by atoms with van der Waals surface area (Å²) in [7, 11) is -0.935. The summed E-state index contributed by atoms with van der Waals surface area (Å²) in [6.07, 6.45) is 1.57. The number of nitrogens with one attached hydrogen (secondary N) is 2. The summed E-state index contributed by atoms with van der Waals surface area (Å²) in [5.41, 5.74) is 0. The molecule has 0 unspecified atom stereocenters. The minimum Gasteiger partial charge on any atom is -0.488 e. The molecule has 2 amide bonds. The first kappa shape index (κ1) is 16.4. The highest BCUT2D eigenvalue weighted by atomic mass is 32.2. The monoisotopic (exact) mass is 302 g/mol. The van der Waals surface area contributed by atoms with Crippen molar-refractivity contribution in [2.75, 3.05) is 25.2 Å². The van der Waals surface area contributed by atoms with Gasteiger partial charge < -0.3 is 15.4 Å². The Morgan fingerprint density at radius 2 is 2.15 bits per heavy atom. The van der Waals surface area contributed by atoms with E-state index in [9.17, 15) is 13.4 Å². The van der Waals surface area contributed by atoms with Crippen molar-refractivity contribution in [2.45, 2.75) is 13.0 Å². The fraction of sp³-hybridized carbons (Fsp3) is 0.462. The predicted molar refractivity (Wildman–Crippen MR) is 76.8 cm³/mol. The number of hydrogen-bond acceptors (Lipinski definition) is 3.